The van der Waals surface area contributed by atoms with Gasteiger partial charge in [-0.1, -0.05) is 18.2 Å². The van der Waals surface area contributed by atoms with Crippen LogP contribution in [0, 0.1) is 0 Å². The molecule has 0 aliphatic carbocycles. The molecular weight excluding hydrogens is 384 g/mol. The molecule has 0 radical (unpaired) electrons. The Kier molecular flexibility index (Phi) is 4.65. The second kappa shape index (κ2) is 7.13. The van der Waals surface area contributed by atoms with Gasteiger partial charge in [-0.3, -0.25) is 9.56 Å². The normalized spacial score (nSPS) is 13.4. The zero-order valence-electron chi connectivity index (χ0n) is 15.2. The number of ether oxygens (including phenoxy) is 2. The Hall–Kier alpha value is -3.11. The van der Waals surface area contributed by atoms with Crippen LogP contribution in [0.3, 0.4) is 0 Å². The molecule has 0 bridgehead atoms. The fraction of sp³-hybridized carbons (Fsp3) is 0.222. The van der Waals surface area contributed by atoms with Crippen molar-refractivity contribution in [2.75, 3.05) is 37.2 Å². The highest BCUT2D eigenvalue weighted by Gasteiger charge is 2.22. The van der Waals surface area contributed by atoms with Crippen molar-refractivity contribution >= 4 is 32.7 Å². The van der Waals surface area contributed by atoms with E-state index in [1.165, 1.54) is 24.3 Å². The highest BCUT2D eigenvalue weighted by atomic mass is 32.2. The number of aromatic nitrogens is 2. The van der Waals surface area contributed by atoms with E-state index in [2.05, 4.69) is 14.7 Å². The summed E-state index contributed by atoms with van der Waals surface area (Å²) in [4.78, 5) is 14.3. The van der Waals surface area contributed by atoms with E-state index in [0.717, 1.165) is 0 Å². The van der Waals surface area contributed by atoms with E-state index in [-0.39, 0.29) is 16.5 Å². The smallest absolute Gasteiger partial charge is 0.263 e. The average molecular weight is 402 g/mol. The summed E-state index contributed by atoms with van der Waals surface area (Å²) in [6, 6.07) is 11.4. The number of hydrogen-bond donors (Lipinski definition) is 1. The van der Waals surface area contributed by atoms with E-state index in [9.17, 15) is 8.42 Å². The number of anilines is 2. The van der Waals surface area contributed by atoms with Gasteiger partial charge in [-0.05, 0) is 12.1 Å². The van der Waals surface area contributed by atoms with Crippen LogP contribution < -0.4 is 19.3 Å². The number of hydroxylamine groups is 1. The van der Waals surface area contributed by atoms with Crippen molar-refractivity contribution in [1.29, 1.82) is 0 Å². The summed E-state index contributed by atoms with van der Waals surface area (Å²) in [6.45, 7) is 0.885. The van der Waals surface area contributed by atoms with Crippen LogP contribution >= 0.6 is 0 Å². The highest BCUT2D eigenvalue weighted by Crippen LogP contribution is 2.35. The number of nitrogens with zero attached hydrogens (tertiary/aromatic N) is 3. The molecule has 10 heteroatoms. The average Bonchev–Trinajstić information content (AvgIpc) is 2.71. The van der Waals surface area contributed by atoms with E-state index in [0.29, 0.717) is 35.7 Å². The molecule has 146 valence electrons. The van der Waals surface area contributed by atoms with Gasteiger partial charge < -0.3 is 9.47 Å². The minimum absolute atomic E-state index is 0.0392. The topological polar surface area (TPSA) is 103 Å². The Morgan fingerprint density at radius 3 is 2.25 bits per heavy atom. The summed E-state index contributed by atoms with van der Waals surface area (Å²) < 4.78 is 39.1. The van der Waals surface area contributed by atoms with E-state index < -0.39 is 10.0 Å². The Bertz CT molecular complexity index is 1120. The van der Waals surface area contributed by atoms with E-state index in [1.807, 2.05) is 0 Å². The maximum atomic E-state index is 12.8. The molecule has 0 saturated carbocycles. The minimum Gasteiger partial charge on any atom is -0.486 e. The summed E-state index contributed by atoms with van der Waals surface area (Å²) in [6.07, 6.45) is 0. The molecule has 1 aliphatic rings. The van der Waals surface area contributed by atoms with Crippen molar-refractivity contribution in [3.05, 3.63) is 42.5 Å². The molecule has 1 N–H and O–H groups in total. The molecule has 2 heterocycles. The SMILES string of the molecule is CON(C)c1nc2cc3c(cc2nc1NS(=O)(=O)c1ccccc1)OCCO3. The number of fused-ring (bicyclic) bond motifs is 2. The van der Waals surface area contributed by atoms with Crippen LogP contribution in [-0.4, -0.2) is 45.8 Å². The molecule has 9 nitrogen and oxygen atoms in total. The number of nitrogens with one attached hydrogen (secondary N) is 1. The second-order valence-corrected chi connectivity index (χ2v) is 7.66. The molecule has 3 aromatic rings. The third kappa shape index (κ3) is 3.39. The molecule has 4 rings (SSSR count). The molecule has 0 spiro atoms. The van der Waals surface area contributed by atoms with Gasteiger partial charge in [0.25, 0.3) is 10.0 Å². The van der Waals surface area contributed by atoms with Gasteiger partial charge in [0, 0.05) is 19.2 Å². The second-order valence-electron chi connectivity index (χ2n) is 5.98. The number of benzene rings is 2. The van der Waals surface area contributed by atoms with E-state index in [1.54, 1.807) is 37.4 Å². The first-order chi connectivity index (χ1) is 13.5. The fourth-order valence-corrected chi connectivity index (χ4v) is 3.77. The summed E-state index contributed by atoms with van der Waals surface area (Å²) >= 11 is 0. The summed E-state index contributed by atoms with van der Waals surface area (Å²) in [5, 5.41) is 1.33. The Balaban J connectivity index is 1.83. The van der Waals surface area contributed by atoms with Crippen LogP contribution in [0.15, 0.2) is 47.4 Å². The van der Waals surface area contributed by atoms with E-state index >= 15 is 0 Å². The van der Waals surface area contributed by atoms with Crippen molar-refractivity contribution in [2.24, 2.45) is 0 Å². The zero-order chi connectivity index (χ0) is 19.7. The molecule has 1 aromatic heterocycles. The Labute approximate surface area is 161 Å². The Morgan fingerprint density at radius 1 is 1.04 bits per heavy atom. The number of hydrogen-bond acceptors (Lipinski definition) is 8. The lowest BCUT2D eigenvalue weighted by Crippen LogP contribution is -2.22. The molecule has 0 fully saturated rings. The standard InChI is InChI=1S/C18H18N4O5S/c1-22(25-2)18-17(21-28(23,24)12-6-4-3-5-7-12)19-13-10-15-16(11-14(13)20-18)27-9-8-26-15/h3-7,10-11H,8-9H2,1-2H3,(H,19,21). The predicted octanol–water partition coefficient (Wildman–Crippen LogP) is 2.20. The lowest BCUT2D eigenvalue weighted by Gasteiger charge is -2.21. The van der Waals surface area contributed by atoms with Crippen LogP contribution in [0.2, 0.25) is 0 Å². The molecule has 28 heavy (non-hydrogen) atoms. The van der Waals surface area contributed by atoms with Crippen molar-refractivity contribution in [3.63, 3.8) is 0 Å². The van der Waals surface area contributed by atoms with Gasteiger partial charge in [0.15, 0.2) is 23.1 Å². The van der Waals surface area contributed by atoms with Gasteiger partial charge in [0.05, 0.1) is 23.0 Å². The lowest BCUT2D eigenvalue weighted by molar-refractivity contribution is 0.172. The molecule has 0 amide bonds. The fourth-order valence-electron chi connectivity index (χ4n) is 2.74. The maximum Gasteiger partial charge on any atom is 0.263 e. The maximum absolute atomic E-state index is 12.8. The molecule has 0 saturated heterocycles. The van der Waals surface area contributed by atoms with Gasteiger partial charge in [-0.15, -0.1) is 0 Å². The number of sulfonamides is 1. The van der Waals surface area contributed by atoms with Crippen LogP contribution in [0.1, 0.15) is 0 Å². The van der Waals surface area contributed by atoms with Gasteiger partial charge in [-0.2, -0.15) is 0 Å². The van der Waals surface area contributed by atoms with Gasteiger partial charge in [0.2, 0.25) is 0 Å². The molecule has 1 aliphatic heterocycles. The predicted molar refractivity (Wildman–Crippen MR) is 103 cm³/mol. The first-order valence-electron chi connectivity index (χ1n) is 8.45. The Morgan fingerprint density at radius 2 is 1.64 bits per heavy atom. The van der Waals surface area contributed by atoms with Gasteiger partial charge >= 0.3 is 0 Å². The van der Waals surface area contributed by atoms with Gasteiger partial charge in [0.1, 0.15) is 13.2 Å². The van der Waals surface area contributed by atoms with Crippen molar-refractivity contribution in [3.8, 4) is 11.5 Å². The third-order valence-electron chi connectivity index (χ3n) is 4.17. The van der Waals surface area contributed by atoms with Gasteiger partial charge in [-0.25, -0.2) is 23.4 Å². The molecule has 2 aromatic carbocycles. The zero-order valence-corrected chi connectivity index (χ0v) is 16.1. The van der Waals surface area contributed by atoms with E-state index in [4.69, 9.17) is 14.3 Å². The monoisotopic (exact) mass is 402 g/mol. The van der Waals surface area contributed by atoms with Crippen molar-refractivity contribution in [2.45, 2.75) is 4.90 Å². The third-order valence-corrected chi connectivity index (χ3v) is 5.52. The largest absolute Gasteiger partial charge is 0.486 e. The highest BCUT2D eigenvalue weighted by molar-refractivity contribution is 7.92. The summed E-state index contributed by atoms with van der Waals surface area (Å²) in [5.74, 6) is 1.36. The van der Waals surface area contributed by atoms with Crippen LogP contribution in [-0.2, 0) is 14.9 Å². The molecule has 0 unspecified atom stereocenters. The van der Waals surface area contributed by atoms with Crippen molar-refractivity contribution in [1.82, 2.24) is 9.97 Å². The van der Waals surface area contributed by atoms with Crippen LogP contribution in [0.25, 0.3) is 11.0 Å². The minimum atomic E-state index is -3.85. The summed E-state index contributed by atoms with van der Waals surface area (Å²) in [5.41, 5.74) is 0.981. The lowest BCUT2D eigenvalue weighted by atomic mass is 10.2. The van der Waals surface area contributed by atoms with Crippen LogP contribution in [0.5, 0.6) is 11.5 Å². The quantitative estimate of drug-likeness (QED) is 0.648. The first kappa shape index (κ1) is 18.3. The first-order valence-corrected chi connectivity index (χ1v) is 9.93. The van der Waals surface area contributed by atoms with Crippen LogP contribution in [0.4, 0.5) is 11.6 Å². The number of rotatable bonds is 5. The summed E-state index contributed by atoms with van der Waals surface area (Å²) in [7, 11) is -0.799. The molecular formula is C18H18N4O5S. The van der Waals surface area contributed by atoms with Crippen molar-refractivity contribution < 1.29 is 22.7 Å². The molecule has 0 atom stereocenters.